The number of carbonyl (C=O) groups excluding carboxylic acids is 1. The van der Waals surface area contributed by atoms with Gasteiger partial charge in [0, 0.05) is 19.2 Å². The molecule has 0 spiro atoms. The maximum Gasteiger partial charge on any atom is 0.246 e. The van der Waals surface area contributed by atoms with Crippen molar-refractivity contribution in [1.82, 2.24) is 14.9 Å². The SMILES string of the molecule is CCN(Cc1ccc(Cl)c(Cl)c1)C(=O)C=Cc1cnc2ccccc2n1. The molecule has 1 aromatic heterocycles. The number of halogens is 2. The molecule has 6 heteroatoms. The summed E-state index contributed by atoms with van der Waals surface area (Å²) in [7, 11) is 0. The highest BCUT2D eigenvalue weighted by atomic mass is 35.5. The van der Waals surface area contributed by atoms with Gasteiger partial charge in [0.1, 0.15) is 0 Å². The molecule has 0 aliphatic carbocycles. The largest absolute Gasteiger partial charge is 0.335 e. The van der Waals surface area contributed by atoms with E-state index in [-0.39, 0.29) is 5.91 Å². The van der Waals surface area contributed by atoms with E-state index in [0.29, 0.717) is 28.8 Å². The Hall–Kier alpha value is -2.43. The summed E-state index contributed by atoms with van der Waals surface area (Å²) >= 11 is 12.0. The highest BCUT2D eigenvalue weighted by Crippen LogP contribution is 2.23. The van der Waals surface area contributed by atoms with Crippen LogP contribution in [-0.2, 0) is 11.3 Å². The van der Waals surface area contributed by atoms with Crippen molar-refractivity contribution in [2.75, 3.05) is 6.54 Å². The summed E-state index contributed by atoms with van der Waals surface area (Å²) < 4.78 is 0. The molecule has 0 bridgehead atoms. The van der Waals surface area contributed by atoms with Gasteiger partial charge in [-0.1, -0.05) is 41.4 Å². The van der Waals surface area contributed by atoms with E-state index < -0.39 is 0 Å². The molecule has 0 radical (unpaired) electrons. The van der Waals surface area contributed by atoms with Gasteiger partial charge in [-0.15, -0.1) is 0 Å². The topological polar surface area (TPSA) is 46.1 Å². The molecule has 0 saturated carbocycles. The summed E-state index contributed by atoms with van der Waals surface area (Å²) in [5.74, 6) is -0.103. The number of para-hydroxylation sites is 2. The molecule has 4 nitrogen and oxygen atoms in total. The fraction of sp³-hybridized carbons (Fsp3) is 0.150. The number of hydrogen-bond donors (Lipinski definition) is 0. The minimum absolute atomic E-state index is 0.103. The first-order valence-electron chi connectivity index (χ1n) is 8.19. The van der Waals surface area contributed by atoms with Crippen molar-refractivity contribution in [2.45, 2.75) is 13.5 Å². The quantitative estimate of drug-likeness (QED) is 0.580. The summed E-state index contributed by atoms with van der Waals surface area (Å²) in [5.41, 5.74) is 3.19. The van der Waals surface area contributed by atoms with Gasteiger partial charge in [-0.3, -0.25) is 9.78 Å². The first kappa shape index (κ1) is 18.4. The van der Waals surface area contributed by atoms with Crippen LogP contribution in [0.1, 0.15) is 18.2 Å². The minimum Gasteiger partial charge on any atom is -0.335 e. The van der Waals surface area contributed by atoms with Crippen molar-refractivity contribution in [2.24, 2.45) is 0 Å². The van der Waals surface area contributed by atoms with E-state index in [1.807, 2.05) is 37.3 Å². The Bertz CT molecular complexity index is 972. The van der Waals surface area contributed by atoms with Gasteiger partial charge in [-0.25, -0.2) is 4.98 Å². The number of fused-ring (bicyclic) bond motifs is 1. The van der Waals surface area contributed by atoms with Gasteiger partial charge in [-0.2, -0.15) is 0 Å². The number of likely N-dealkylation sites (N-methyl/N-ethyl adjacent to an activating group) is 1. The Morgan fingerprint density at radius 3 is 2.62 bits per heavy atom. The standard InChI is InChI=1S/C20H17Cl2N3O/c1-2-25(13-14-7-9-16(21)17(22)11-14)20(26)10-8-15-12-23-18-5-3-4-6-19(18)24-15/h3-12H,2,13H2,1H3. The van der Waals surface area contributed by atoms with Crippen molar-refractivity contribution in [3.05, 3.63) is 76.0 Å². The number of rotatable bonds is 5. The number of aromatic nitrogens is 2. The van der Waals surface area contributed by atoms with Crippen LogP contribution in [0.4, 0.5) is 0 Å². The molecule has 0 aliphatic rings. The number of amides is 1. The van der Waals surface area contributed by atoms with Crippen LogP contribution in [0.15, 0.2) is 54.7 Å². The molecule has 0 atom stereocenters. The highest BCUT2D eigenvalue weighted by Gasteiger charge is 2.10. The van der Waals surface area contributed by atoms with Crippen LogP contribution in [0.25, 0.3) is 17.1 Å². The first-order chi connectivity index (χ1) is 12.6. The second kappa shape index (κ2) is 8.30. The molecule has 0 fully saturated rings. The predicted octanol–water partition coefficient (Wildman–Crippen LogP) is 5.00. The summed E-state index contributed by atoms with van der Waals surface area (Å²) in [6.45, 7) is 2.96. The lowest BCUT2D eigenvalue weighted by atomic mass is 10.2. The van der Waals surface area contributed by atoms with Gasteiger partial charge in [0.2, 0.25) is 5.91 Å². The predicted molar refractivity (Wildman–Crippen MR) is 106 cm³/mol. The van der Waals surface area contributed by atoms with E-state index in [9.17, 15) is 4.79 Å². The van der Waals surface area contributed by atoms with Crippen LogP contribution < -0.4 is 0 Å². The molecule has 2 aromatic carbocycles. The Labute approximate surface area is 162 Å². The molecule has 0 aliphatic heterocycles. The Morgan fingerprint density at radius 1 is 1.12 bits per heavy atom. The van der Waals surface area contributed by atoms with Gasteiger partial charge in [-0.05, 0) is 42.8 Å². The van der Waals surface area contributed by atoms with Crippen molar-refractivity contribution < 1.29 is 4.79 Å². The molecule has 0 unspecified atom stereocenters. The molecular weight excluding hydrogens is 369 g/mol. The Morgan fingerprint density at radius 2 is 1.88 bits per heavy atom. The third kappa shape index (κ3) is 4.40. The van der Waals surface area contributed by atoms with Gasteiger partial charge in [0.25, 0.3) is 0 Å². The number of benzene rings is 2. The van der Waals surface area contributed by atoms with Crippen LogP contribution in [0.3, 0.4) is 0 Å². The molecule has 3 aromatic rings. The normalized spacial score (nSPS) is 11.2. The first-order valence-corrected chi connectivity index (χ1v) is 8.95. The molecule has 1 heterocycles. The van der Waals surface area contributed by atoms with Crippen LogP contribution in [0.2, 0.25) is 10.0 Å². The molecular formula is C20H17Cl2N3O. The molecule has 3 rings (SSSR count). The van der Waals surface area contributed by atoms with E-state index in [2.05, 4.69) is 9.97 Å². The summed E-state index contributed by atoms with van der Waals surface area (Å²) in [5, 5.41) is 0.981. The third-order valence-corrected chi connectivity index (χ3v) is 4.65. The molecule has 26 heavy (non-hydrogen) atoms. The highest BCUT2D eigenvalue weighted by molar-refractivity contribution is 6.42. The fourth-order valence-electron chi connectivity index (χ4n) is 2.52. The average molecular weight is 386 g/mol. The Balaban J connectivity index is 1.73. The molecule has 0 saturated heterocycles. The van der Waals surface area contributed by atoms with Crippen molar-refractivity contribution in [3.8, 4) is 0 Å². The second-order valence-electron chi connectivity index (χ2n) is 5.72. The maximum absolute atomic E-state index is 12.5. The monoisotopic (exact) mass is 385 g/mol. The average Bonchev–Trinajstić information content (AvgIpc) is 2.66. The van der Waals surface area contributed by atoms with Gasteiger partial charge >= 0.3 is 0 Å². The van der Waals surface area contributed by atoms with Gasteiger partial charge in [0.05, 0.1) is 33.0 Å². The van der Waals surface area contributed by atoms with E-state index >= 15 is 0 Å². The molecule has 132 valence electrons. The van der Waals surface area contributed by atoms with Crippen molar-refractivity contribution in [3.63, 3.8) is 0 Å². The van der Waals surface area contributed by atoms with Crippen LogP contribution in [0.5, 0.6) is 0 Å². The summed E-state index contributed by atoms with van der Waals surface area (Å²) in [6, 6.07) is 13.0. The van der Waals surface area contributed by atoms with Crippen LogP contribution in [-0.4, -0.2) is 27.3 Å². The number of carbonyl (C=O) groups is 1. The number of hydrogen-bond acceptors (Lipinski definition) is 3. The van der Waals surface area contributed by atoms with Gasteiger partial charge in [0.15, 0.2) is 0 Å². The number of nitrogens with zero attached hydrogens (tertiary/aromatic N) is 3. The molecule has 0 N–H and O–H groups in total. The van der Waals surface area contributed by atoms with Gasteiger partial charge < -0.3 is 4.90 Å². The lowest BCUT2D eigenvalue weighted by Crippen LogP contribution is -2.28. The second-order valence-corrected chi connectivity index (χ2v) is 6.53. The fourth-order valence-corrected chi connectivity index (χ4v) is 2.84. The lowest BCUT2D eigenvalue weighted by Gasteiger charge is -2.19. The zero-order valence-corrected chi connectivity index (χ0v) is 15.7. The summed E-state index contributed by atoms with van der Waals surface area (Å²) in [4.78, 5) is 23.0. The van der Waals surface area contributed by atoms with E-state index in [4.69, 9.17) is 23.2 Å². The zero-order valence-electron chi connectivity index (χ0n) is 14.2. The summed E-state index contributed by atoms with van der Waals surface area (Å²) in [6.07, 6.45) is 4.85. The van der Waals surface area contributed by atoms with E-state index in [1.165, 1.54) is 6.08 Å². The third-order valence-electron chi connectivity index (χ3n) is 3.91. The van der Waals surface area contributed by atoms with Crippen LogP contribution in [0, 0.1) is 0 Å². The Kier molecular flexibility index (Phi) is 5.86. The van der Waals surface area contributed by atoms with E-state index in [0.717, 1.165) is 16.6 Å². The smallest absolute Gasteiger partial charge is 0.246 e. The van der Waals surface area contributed by atoms with E-state index in [1.54, 1.807) is 29.3 Å². The van der Waals surface area contributed by atoms with Crippen molar-refractivity contribution in [1.29, 1.82) is 0 Å². The lowest BCUT2D eigenvalue weighted by molar-refractivity contribution is -0.126. The maximum atomic E-state index is 12.5. The minimum atomic E-state index is -0.103. The zero-order chi connectivity index (χ0) is 18.5. The van der Waals surface area contributed by atoms with Crippen LogP contribution >= 0.6 is 23.2 Å². The molecule has 1 amide bonds. The van der Waals surface area contributed by atoms with Crippen molar-refractivity contribution >= 4 is 46.2 Å².